The van der Waals surface area contributed by atoms with Gasteiger partial charge in [0.15, 0.2) is 6.61 Å². The van der Waals surface area contributed by atoms with Crippen LogP contribution in [0.3, 0.4) is 0 Å². The molecule has 4 rings (SSSR count). The van der Waals surface area contributed by atoms with Gasteiger partial charge >= 0.3 is 0 Å². The van der Waals surface area contributed by atoms with Crippen molar-refractivity contribution in [3.8, 4) is 5.75 Å². The predicted molar refractivity (Wildman–Crippen MR) is 136 cm³/mol. The minimum Gasteiger partial charge on any atom is -0.484 e. The van der Waals surface area contributed by atoms with Crippen LogP contribution in [0, 0.1) is 0 Å². The number of carbonyl (C=O) groups excluding carboxylic acids is 2. The molecule has 3 aromatic rings. The largest absolute Gasteiger partial charge is 0.484 e. The summed E-state index contributed by atoms with van der Waals surface area (Å²) in [6.07, 6.45) is 0.959. The number of anilines is 2. The molecule has 34 heavy (non-hydrogen) atoms. The lowest BCUT2D eigenvalue weighted by Gasteiger charge is -2.37. The van der Waals surface area contributed by atoms with Crippen molar-refractivity contribution < 1.29 is 14.3 Å². The first-order chi connectivity index (χ1) is 16.5. The second-order valence-electron chi connectivity index (χ2n) is 8.14. The van der Waals surface area contributed by atoms with Gasteiger partial charge in [-0.15, -0.1) is 0 Å². The number of carbonyl (C=O) groups is 2. The van der Waals surface area contributed by atoms with E-state index in [1.165, 1.54) is 5.56 Å². The molecule has 1 N–H and O–H groups in total. The Kier molecular flexibility index (Phi) is 7.70. The zero-order chi connectivity index (χ0) is 23.9. The Morgan fingerprint density at radius 1 is 0.912 bits per heavy atom. The molecule has 176 valence electrons. The van der Waals surface area contributed by atoms with E-state index in [2.05, 4.69) is 17.1 Å². The standard InChI is InChI=1S/C27H28ClN3O3/c1-2-20-7-13-23(14-8-20)34-19-26(32)29-24-5-3-4-6-25(24)30-15-17-31(18-16-30)27(33)21-9-11-22(28)12-10-21/h3-14H,2,15-19H2,1H3,(H,29,32). The van der Waals surface area contributed by atoms with Crippen LogP contribution in [0.5, 0.6) is 5.75 Å². The summed E-state index contributed by atoms with van der Waals surface area (Å²) in [5.41, 5.74) is 3.52. The lowest BCUT2D eigenvalue weighted by atomic mass is 10.1. The van der Waals surface area contributed by atoms with Crippen LogP contribution < -0.4 is 15.0 Å². The minimum absolute atomic E-state index is 0.00187. The number of hydrogen-bond acceptors (Lipinski definition) is 4. The quantitative estimate of drug-likeness (QED) is 0.526. The van der Waals surface area contributed by atoms with Gasteiger partial charge in [-0.05, 0) is 60.5 Å². The average molecular weight is 478 g/mol. The van der Waals surface area contributed by atoms with Gasteiger partial charge in [-0.25, -0.2) is 0 Å². The molecule has 0 aliphatic carbocycles. The molecule has 1 saturated heterocycles. The van der Waals surface area contributed by atoms with Gasteiger partial charge in [-0.2, -0.15) is 0 Å². The SMILES string of the molecule is CCc1ccc(OCC(=O)Nc2ccccc2N2CCN(C(=O)c3ccc(Cl)cc3)CC2)cc1. The first-order valence-corrected chi connectivity index (χ1v) is 11.8. The van der Waals surface area contributed by atoms with Crippen molar-refractivity contribution in [1.82, 2.24) is 4.90 Å². The van der Waals surface area contributed by atoms with Crippen LogP contribution in [0.4, 0.5) is 11.4 Å². The molecule has 1 fully saturated rings. The molecule has 0 atom stereocenters. The van der Waals surface area contributed by atoms with Crippen molar-refractivity contribution in [3.63, 3.8) is 0 Å². The average Bonchev–Trinajstić information content (AvgIpc) is 2.88. The number of amides is 2. The first-order valence-electron chi connectivity index (χ1n) is 11.4. The topological polar surface area (TPSA) is 61.9 Å². The molecule has 0 spiro atoms. The number of benzene rings is 3. The molecule has 6 nitrogen and oxygen atoms in total. The number of hydrogen-bond donors (Lipinski definition) is 1. The number of piperazine rings is 1. The monoisotopic (exact) mass is 477 g/mol. The predicted octanol–water partition coefficient (Wildman–Crippen LogP) is 4.88. The normalized spacial score (nSPS) is 13.5. The van der Waals surface area contributed by atoms with Crippen molar-refractivity contribution in [2.75, 3.05) is 43.0 Å². The maximum absolute atomic E-state index is 12.8. The summed E-state index contributed by atoms with van der Waals surface area (Å²) in [5, 5.41) is 3.58. The Bertz CT molecular complexity index is 1120. The van der Waals surface area contributed by atoms with E-state index in [4.69, 9.17) is 16.3 Å². The molecule has 3 aromatic carbocycles. The number of rotatable bonds is 7. The van der Waals surface area contributed by atoms with Crippen LogP contribution in [-0.4, -0.2) is 49.5 Å². The van der Waals surface area contributed by atoms with Crippen molar-refractivity contribution in [2.24, 2.45) is 0 Å². The zero-order valence-corrected chi connectivity index (χ0v) is 19.9. The molecule has 0 radical (unpaired) electrons. The Balaban J connectivity index is 1.33. The number of aryl methyl sites for hydroxylation is 1. The maximum atomic E-state index is 12.8. The third kappa shape index (κ3) is 5.88. The summed E-state index contributed by atoms with van der Waals surface area (Å²) in [6, 6.07) is 22.4. The van der Waals surface area contributed by atoms with Gasteiger partial charge < -0.3 is 19.9 Å². The van der Waals surface area contributed by atoms with Crippen LogP contribution in [0.15, 0.2) is 72.8 Å². The van der Waals surface area contributed by atoms with Gasteiger partial charge in [0.05, 0.1) is 11.4 Å². The first kappa shape index (κ1) is 23.6. The van der Waals surface area contributed by atoms with Gasteiger partial charge in [0, 0.05) is 36.8 Å². The third-order valence-corrected chi connectivity index (χ3v) is 6.13. The molecule has 1 aliphatic heterocycles. The molecule has 0 saturated carbocycles. The highest BCUT2D eigenvalue weighted by Crippen LogP contribution is 2.27. The summed E-state index contributed by atoms with van der Waals surface area (Å²) < 4.78 is 5.64. The van der Waals surface area contributed by atoms with Gasteiger partial charge in [0.1, 0.15) is 5.75 Å². The summed E-state index contributed by atoms with van der Waals surface area (Å²) in [6.45, 7) is 4.57. The van der Waals surface area contributed by atoms with Crippen molar-refractivity contribution >= 4 is 34.8 Å². The maximum Gasteiger partial charge on any atom is 0.262 e. The summed E-state index contributed by atoms with van der Waals surface area (Å²) >= 11 is 5.93. The van der Waals surface area contributed by atoms with Crippen molar-refractivity contribution in [3.05, 3.63) is 88.9 Å². The second kappa shape index (κ2) is 11.1. The number of para-hydroxylation sites is 2. The van der Waals surface area contributed by atoms with E-state index in [1.54, 1.807) is 24.3 Å². The molecule has 2 amide bonds. The highest BCUT2D eigenvalue weighted by molar-refractivity contribution is 6.30. The van der Waals surface area contributed by atoms with E-state index in [1.807, 2.05) is 53.4 Å². The van der Waals surface area contributed by atoms with Gasteiger partial charge in [-0.3, -0.25) is 9.59 Å². The molecular formula is C27H28ClN3O3. The van der Waals surface area contributed by atoms with Crippen molar-refractivity contribution in [2.45, 2.75) is 13.3 Å². The Labute approximate surface area is 205 Å². The lowest BCUT2D eigenvalue weighted by Crippen LogP contribution is -2.49. The van der Waals surface area contributed by atoms with Gasteiger partial charge in [0.2, 0.25) is 0 Å². The van der Waals surface area contributed by atoms with Crippen LogP contribution in [0.1, 0.15) is 22.8 Å². The van der Waals surface area contributed by atoms with Gasteiger partial charge in [0.25, 0.3) is 11.8 Å². The van der Waals surface area contributed by atoms with Crippen LogP contribution in [0.2, 0.25) is 5.02 Å². The molecule has 1 aliphatic rings. The zero-order valence-electron chi connectivity index (χ0n) is 19.2. The number of ether oxygens (including phenoxy) is 1. The Hall–Kier alpha value is -3.51. The van der Waals surface area contributed by atoms with E-state index in [-0.39, 0.29) is 18.4 Å². The number of halogens is 1. The van der Waals surface area contributed by atoms with E-state index >= 15 is 0 Å². The van der Waals surface area contributed by atoms with Crippen molar-refractivity contribution in [1.29, 1.82) is 0 Å². The van der Waals surface area contributed by atoms with Crippen LogP contribution in [0.25, 0.3) is 0 Å². The van der Waals surface area contributed by atoms with Gasteiger partial charge in [-0.1, -0.05) is 42.8 Å². The van der Waals surface area contributed by atoms with E-state index in [0.717, 1.165) is 17.8 Å². The van der Waals surface area contributed by atoms with E-state index < -0.39 is 0 Å². The van der Waals surface area contributed by atoms with E-state index in [0.29, 0.717) is 42.5 Å². The molecule has 0 bridgehead atoms. The smallest absolute Gasteiger partial charge is 0.262 e. The highest BCUT2D eigenvalue weighted by Gasteiger charge is 2.23. The second-order valence-corrected chi connectivity index (χ2v) is 8.57. The fourth-order valence-electron chi connectivity index (χ4n) is 3.94. The Morgan fingerprint density at radius 2 is 1.59 bits per heavy atom. The third-order valence-electron chi connectivity index (χ3n) is 5.88. The summed E-state index contributed by atoms with van der Waals surface area (Å²) in [7, 11) is 0. The fourth-order valence-corrected chi connectivity index (χ4v) is 4.06. The highest BCUT2D eigenvalue weighted by atomic mass is 35.5. The molecule has 1 heterocycles. The van der Waals surface area contributed by atoms with Crippen LogP contribution >= 0.6 is 11.6 Å². The summed E-state index contributed by atoms with van der Waals surface area (Å²) in [4.78, 5) is 29.4. The lowest BCUT2D eigenvalue weighted by molar-refractivity contribution is -0.118. The number of nitrogens with one attached hydrogen (secondary N) is 1. The molecule has 0 unspecified atom stereocenters. The van der Waals surface area contributed by atoms with Crippen LogP contribution in [-0.2, 0) is 11.2 Å². The molecule has 7 heteroatoms. The molecular weight excluding hydrogens is 450 g/mol. The fraction of sp³-hybridized carbons (Fsp3) is 0.259. The Morgan fingerprint density at radius 3 is 2.26 bits per heavy atom. The summed E-state index contributed by atoms with van der Waals surface area (Å²) in [5.74, 6) is 0.452. The number of nitrogens with zero attached hydrogens (tertiary/aromatic N) is 2. The molecule has 0 aromatic heterocycles. The van der Waals surface area contributed by atoms with E-state index in [9.17, 15) is 9.59 Å². The minimum atomic E-state index is -0.219.